The number of hydrogen-bond donors (Lipinski definition) is 3. The van der Waals surface area contributed by atoms with Crippen LogP contribution in [0.15, 0.2) is 34.6 Å². The van der Waals surface area contributed by atoms with Gasteiger partial charge in [-0.2, -0.15) is 13.2 Å². The maximum Gasteiger partial charge on any atom is 0.434 e. The van der Waals surface area contributed by atoms with E-state index in [-0.39, 0.29) is 11.8 Å². The molecule has 30 heavy (non-hydrogen) atoms. The number of anilines is 1. The van der Waals surface area contributed by atoms with Gasteiger partial charge in [0.25, 0.3) is 0 Å². The van der Waals surface area contributed by atoms with Gasteiger partial charge in [0.1, 0.15) is 0 Å². The summed E-state index contributed by atoms with van der Waals surface area (Å²) in [7, 11) is 0. The Labute approximate surface area is 178 Å². The summed E-state index contributed by atoms with van der Waals surface area (Å²) in [5.41, 5.74) is 0.841. The Kier molecular flexibility index (Phi) is 8.64. The number of nitrogens with one attached hydrogen (secondary N) is 3. The molecule has 0 saturated heterocycles. The van der Waals surface area contributed by atoms with Crippen molar-refractivity contribution < 1.29 is 18.0 Å². The zero-order valence-corrected chi connectivity index (χ0v) is 18.0. The number of carbonyl (C=O) groups is 1. The Bertz CT molecular complexity index is 847. The van der Waals surface area contributed by atoms with Crippen molar-refractivity contribution in [3.05, 3.63) is 45.9 Å². The first-order valence-corrected chi connectivity index (χ1v) is 10.5. The van der Waals surface area contributed by atoms with Crippen LogP contribution in [0.5, 0.6) is 0 Å². The van der Waals surface area contributed by atoms with Gasteiger partial charge in [0.2, 0.25) is 5.91 Å². The molecule has 1 amide bonds. The van der Waals surface area contributed by atoms with Gasteiger partial charge < -0.3 is 16.0 Å². The molecule has 10 heteroatoms. The Hall–Kier alpha value is -2.62. The van der Waals surface area contributed by atoms with Gasteiger partial charge in [-0.05, 0) is 24.6 Å². The lowest BCUT2D eigenvalue weighted by Gasteiger charge is -2.11. The second-order valence-electron chi connectivity index (χ2n) is 6.84. The first kappa shape index (κ1) is 23.7. The molecule has 0 saturated carbocycles. The molecule has 0 aliphatic carbocycles. The molecule has 0 bridgehead atoms. The zero-order chi connectivity index (χ0) is 22.1. The van der Waals surface area contributed by atoms with Gasteiger partial charge >= 0.3 is 6.18 Å². The maximum atomic E-state index is 12.6. The minimum absolute atomic E-state index is 0.0398. The highest BCUT2D eigenvalue weighted by Gasteiger charge is 2.33. The molecular formula is C20H26F3N5OS. The third-order valence-electron chi connectivity index (χ3n) is 3.98. The average molecular weight is 442 g/mol. The van der Waals surface area contributed by atoms with E-state index in [4.69, 9.17) is 0 Å². The smallest absolute Gasteiger partial charge is 0.357 e. The minimum atomic E-state index is -4.41. The average Bonchev–Trinajstić information content (AvgIpc) is 3.16. The topological polar surface area (TPSA) is 78.4 Å². The van der Waals surface area contributed by atoms with E-state index in [1.165, 1.54) is 0 Å². The van der Waals surface area contributed by atoms with Crippen LogP contribution in [-0.4, -0.2) is 29.9 Å². The number of aromatic nitrogens is 1. The monoisotopic (exact) mass is 441 g/mol. The largest absolute Gasteiger partial charge is 0.434 e. The fourth-order valence-corrected chi connectivity index (χ4v) is 3.14. The summed E-state index contributed by atoms with van der Waals surface area (Å²) >= 11 is 0.997. The summed E-state index contributed by atoms with van der Waals surface area (Å²) in [4.78, 5) is 19.8. The summed E-state index contributed by atoms with van der Waals surface area (Å²) in [6.07, 6.45) is -4.04. The van der Waals surface area contributed by atoms with Crippen LogP contribution < -0.4 is 16.0 Å². The molecule has 0 spiro atoms. The van der Waals surface area contributed by atoms with E-state index in [1.807, 2.05) is 45.0 Å². The Balaban J connectivity index is 1.88. The molecule has 0 aliphatic rings. The third kappa shape index (κ3) is 7.66. The van der Waals surface area contributed by atoms with Crippen LogP contribution in [0.25, 0.3) is 0 Å². The van der Waals surface area contributed by atoms with Crippen molar-refractivity contribution in [3.8, 4) is 0 Å². The predicted molar refractivity (Wildman–Crippen MR) is 114 cm³/mol. The van der Waals surface area contributed by atoms with Crippen LogP contribution in [-0.2, 0) is 23.9 Å². The molecular weight excluding hydrogens is 415 g/mol. The van der Waals surface area contributed by atoms with Gasteiger partial charge in [-0.1, -0.05) is 26.0 Å². The number of thiazole rings is 1. The second-order valence-corrected chi connectivity index (χ2v) is 7.78. The van der Waals surface area contributed by atoms with E-state index in [9.17, 15) is 18.0 Å². The number of rotatable bonds is 8. The number of amides is 1. The van der Waals surface area contributed by atoms with Gasteiger partial charge in [0, 0.05) is 36.5 Å². The number of alkyl halides is 3. The van der Waals surface area contributed by atoms with E-state index in [1.54, 1.807) is 0 Å². The first-order chi connectivity index (χ1) is 14.2. The van der Waals surface area contributed by atoms with Crippen LogP contribution in [0.2, 0.25) is 0 Å². The van der Waals surface area contributed by atoms with Crippen LogP contribution in [0.1, 0.15) is 37.0 Å². The summed E-state index contributed by atoms with van der Waals surface area (Å²) in [6.45, 7) is 7.08. The summed E-state index contributed by atoms with van der Waals surface area (Å²) in [6, 6.07) is 7.42. The first-order valence-electron chi connectivity index (χ1n) is 9.62. The molecule has 1 aromatic heterocycles. The summed E-state index contributed by atoms with van der Waals surface area (Å²) < 4.78 is 37.8. The molecule has 0 unspecified atom stereocenters. The quantitative estimate of drug-likeness (QED) is 0.427. The highest BCUT2D eigenvalue weighted by Crippen LogP contribution is 2.30. The van der Waals surface area contributed by atoms with Crippen molar-refractivity contribution in [1.82, 2.24) is 15.6 Å². The van der Waals surface area contributed by atoms with Crippen molar-refractivity contribution in [2.45, 2.75) is 39.9 Å². The van der Waals surface area contributed by atoms with Gasteiger partial charge in [-0.15, -0.1) is 11.3 Å². The second kappa shape index (κ2) is 11.0. The van der Waals surface area contributed by atoms with Crippen molar-refractivity contribution >= 4 is 28.9 Å². The lowest BCUT2D eigenvalue weighted by molar-refractivity contribution is -0.140. The van der Waals surface area contributed by atoms with Crippen LogP contribution in [0.4, 0.5) is 18.9 Å². The zero-order valence-electron chi connectivity index (χ0n) is 17.1. The standard InChI is InChI=1S/C20H26F3N5OS/c1-4-24-19(25-10-9-17-28-16(12-30-17)20(21,22)23)26-11-14-5-7-15(8-6-14)27-18(29)13(2)3/h5-8,12-13H,4,9-11H2,1-3H3,(H,27,29)(H2,24,25,26). The van der Waals surface area contributed by atoms with Crippen molar-refractivity contribution in [1.29, 1.82) is 0 Å². The molecule has 0 aliphatic heterocycles. The SMILES string of the molecule is CCNC(=NCc1ccc(NC(=O)C(C)C)cc1)NCCc1nc(C(F)(F)F)cs1. The highest BCUT2D eigenvalue weighted by molar-refractivity contribution is 7.09. The van der Waals surface area contributed by atoms with Gasteiger partial charge in [0.05, 0.1) is 11.6 Å². The molecule has 3 N–H and O–H groups in total. The highest BCUT2D eigenvalue weighted by atomic mass is 32.1. The van der Waals surface area contributed by atoms with E-state index >= 15 is 0 Å². The molecule has 2 rings (SSSR count). The fraction of sp³-hybridized carbons (Fsp3) is 0.450. The summed E-state index contributed by atoms with van der Waals surface area (Å²) in [5.74, 6) is 0.441. The third-order valence-corrected chi connectivity index (χ3v) is 4.89. The predicted octanol–water partition coefficient (Wildman–Crippen LogP) is 4.05. The van der Waals surface area contributed by atoms with Gasteiger partial charge in [-0.3, -0.25) is 4.79 Å². The van der Waals surface area contributed by atoms with Crippen LogP contribution in [0, 0.1) is 5.92 Å². The number of benzene rings is 1. The molecule has 6 nitrogen and oxygen atoms in total. The molecule has 0 fully saturated rings. The van der Waals surface area contributed by atoms with E-state index in [0.717, 1.165) is 28.0 Å². The van der Waals surface area contributed by atoms with E-state index in [0.29, 0.717) is 37.0 Å². The lowest BCUT2D eigenvalue weighted by atomic mass is 10.2. The lowest BCUT2D eigenvalue weighted by Crippen LogP contribution is -2.38. The van der Waals surface area contributed by atoms with Crippen LogP contribution >= 0.6 is 11.3 Å². The van der Waals surface area contributed by atoms with Gasteiger partial charge in [-0.25, -0.2) is 9.98 Å². The molecule has 2 aromatic rings. The molecule has 0 atom stereocenters. The molecule has 0 radical (unpaired) electrons. The summed E-state index contributed by atoms with van der Waals surface area (Å²) in [5, 5.41) is 10.5. The van der Waals surface area contributed by atoms with E-state index in [2.05, 4.69) is 25.9 Å². The number of halogens is 3. The molecule has 164 valence electrons. The van der Waals surface area contributed by atoms with Crippen molar-refractivity contribution in [3.63, 3.8) is 0 Å². The number of carbonyl (C=O) groups excluding carboxylic acids is 1. The van der Waals surface area contributed by atoms with Crippen molar-refractivity contribution in [2.75, 3.05) is 18.4 Å². The Morgan fingerprint density at radius 2 is 1.90 bits per heavy atom. The Morgan fingerprint density at radius 1 is 1.20 bits per heavy atom. The Morgan fingerprint density at radius 3 is 2.47 bits per heavy atom. The molecule has 1 aromatic carbocycles. The normalized spacial score (nSPS) is 12.2. The minimum Gasteiger partial charge on any atom is -0.357 e. The number of hydrogen-bond acceptors (Lipinski definition) is 4. The number of nitrogens with zero attached hydrogens (tertiary/aromatic N) is 2. The van der Waals surface area contributed by atoms with E-state index < -0.39 is 11.9 Å². The fourth-order valence-electron chi connectivity index (χ4n) is 2.34. The van der Waals surface area contributed by atoms with Crippen LogP contribution in [0.3, 0.4) is 0 Å². The number of aliphatic imine (C=N–C) groups is 1. The van der Waals surface area contributed by atoms with Crippen molar-refractivity contribution in [2.24, 2.45) is 10.9 Å². The number of guanidine groups is 1. The van der Waals surface area contributed by atoms with Gasteiger partial charge in [0.15, 0.2) is 11.7 Å². The maximum absolute atomic E-state index is 12.6. The molecule has 1 heterocycles.